The summed E-state index contributed by atoms with van der Waals surface area (Å²) in [6.45, 7) is 0.255. The third-order valence-electron chi connectivity index (χ3n) is 6.48. The largest absolute Gasteiger partial charge is 0.489 e. The van der Waals surface area contributed by atoms with Crippen LogP contribution in [0.3, 0.4) is 0 Å². The van der Waals surface area contributed by atoms with E-state index < -0.39 is 5.97 Å². The molecule has 1 N–H and O–H groups in total. The van der Waals surface area contributed by atoms with E-state index in [1.807, 2.05) is 30.3 Å². The van der Waals surface area contributed by atoms with Gasteiger partial charge in [0.25, 0.3) is 0 Å². The molecular weight excluding hydrogens is 525 g/mol. The number of hydrogen-bond donors (Lipinski definition) is 1. The average molecular weight is 546 g/mol. The zero-order valence-electron chi connectivity index (χ0n) is 20.0. The van der Waals surface area contributed by atoms with E-state index in [1.54, 1.807) is 42.5 Å². The third kappa shape index (κ3) is 4.80. The van der Waals surface area contributed by atoms with Crippen LogP contribution < -0.4 is 9.47 Å². The van der Waals surface area contributed by atoms with Gasteiger partial charge in [-0.15, -0.1) is 0 Å². The van der Waals surface area contributed by atoms with E-state index in [2.05, 4.69) is 5.16 Å². The van der Waals surface area contributed by atoms with E-state index in [9.17, 15) is 9.90 Å². The minimum absolute atomic E-state index is 0.105. The second-order valence-corrected chi connectivity index (χ2v) is 9.92. The Hall–Kier alpha value is -4.00. The second-order valence-electron chi connectivity index (χ2n) is 9.11. The maximum atomic E-state index is 11.5. The highest BCUT2D eigenvalue weighted by molar-refractivity contribution is 6.39. The van der Waals surface area contributed by atoms with Gasteiger partial charge in [0, 0.05) is 11.5 Å². The Morgan fingerprint density at radius 2 is 1.61 bits per heavy atom. The van der Waals surface area contributed by atoms with Crippen LogP contribution in [-0.4, -0.2) is 16.2 Å². The number of aromatic nitrogens is 1. The predicted molar refractivity (Wildman–Crippen MR) is 146 cm³/mol. The van der Waals surface area contributed by atoms with Gasteiger partial charge in [0.15, 0.2) is 0 Å². The Morgan fingerprint density at radius 1 is 0.921 bits per heavy atom. The van der Waals surface area contributed by atoms with Crippen LogP contribution in [0, 0.1) is 0 Å². The maximum Gasteiger partial charge on any atom is 0.339 e. The van der Waals surface area contributed by atoms with E-state index in [-0.39, 0.29) is 17.9 Å². The van der Waals surface area contributed by atoms with E-state index in [0.717, 1.165) is 34.9 Å². The highest BCUT2D eigenvalue weighted by Crippen LogP contribution is 2.46. The summed E-state index contributed by atoms with van der Waals surface area (Å²) < 4.78 is 17.8. The van der Waals surface area contributed by atoms with Gasteiger partial charge >= 0.3 is 5.97 Å². The summed E-state index contributed by atoms with van der Waals surface area (Å²) >= 11 is 12.9. The molecule has 0 saturated heterocycles. The number of benzene rings is 4. The quantitative estimate of drug-likeness (QED) is 0.210. The van der Waals surface area contributed by atoms with Crippen molar-refractivity contribution in [1.82, 2.24) is 5.16 Å². The highest BCUT2D eigenvalue weighted by atomic mass is 35.5. The van der Waals surface area contributed by atoms with E-state index >= 15 is 0 Å². The molecule has 0 aliphatic heterocycles. The van der Waals surface area contributed by atoms with Crippen LogP contribution in [0.15, 0.2) is 83.4 Å². The van der Waals surface area contributed by atoms with Crippen LogP contribution in [-0.2, 0) is 6.61 Å². The van der Waals surface area contributed by atoms with Crippen LogP contribution in [0.25, 0.3) is 22.0 Å². The van der Waals surface area contributed by atoms with Gasteiger partial charge < -0.3 is 19.1 Å². The number of carboxylic acid groups (broad SMARTS) is 1. The molecule has 1 fully saturated rings. The summed E-state index contributed by atoms with van der Waals surface area (Å²) in [7, 11) is 0. The number of halogens is 2. The SMILES string of the molecule is O=C(O)c1ccccc1Oc1ccc2cc(OCc3c(-c4c(Cl)cccc4Cl)noc3C3CC3)ccc2c1. The van der Waals surface area contributed by atoms with Crippen molar-refractivity contribution in [2.45, 2.75) is 25.4 Å². The molecule has 0 atom stereocenters. The molecule has 0 amide bonds. The first kappa shape index (κ1) is 24.3. The summed E-state index contributed by atoms with van der Waals surface area (Å²) in [5, 5.41) is 16.6. The standard InChI is InChI=1S/C30H21Cl2NO5/c31-24-5-3-6-25(32)27(24)28-23(29(38-33-28)17-8-9-17)16-36-20-12-10-19-15-21(13-11-18(19)14-20)37-26-7-2-1-4-22(26)30(34)35/h1-7,10-15,17H,8-9,16H2,(H,34,35). The molecule has 0 unspecified atom stereocenters. The zero-order valence-corrected chi connectivity index (χ0v) is 21.5. The Labute approximate surface area is 228 Å². The molecule has 0 radical (unpaired) electrons. The number of para-hydroxylation sites is 1. The van der Waals surface area contributed by atoms with Crippen LogP contribution in [0.4, 0.5) is 0 Å². The lowest BCUT2D eigenvalue weighted by Gasteiger charge is -2.11. The van der Waals surface area contributed by atoms with Crippen molar-refractivity contribution in [1.29, 1.82) is 0 Å². The first-order valence-corrected chi connectivity index (χ1v) is 12.8. The summed E-state index contributed by atoms with van der Waals surface area (Å²) in [6, 6.07) is 23.2. The molecule has 0 spiro atoms. The number of hydrogen-bond acceptors (Lipinski definition) is 5. The van der Waals surface area contributed by atoms with E-state index in [1.165, 1.54) is 6.07 Å². The molecule has 8 heteroatoms. The molecule has 5 aromatic rings. The van der Waals surface area contributed by atoms with Crippen LogP contribution >= 0.6 is 23.2 Å². The molecule has 1 heterocycles. The summed E-state index contributed by atoms with van der Waals surface area (Å²) in [4.78, 5) is 11.5. The summed E-state index contributed by atoms with van der Waals surface area (Å²) in [6.07, 6.45) is 2.10. The minimum Gasteiger partial charge on any atom is -0.489 e. The van der Waals surface area contributed by atoms with Gasteiger partial charge in [-0.1, -0.05) is 58.7 Å². The number of rotatable bonds is 8. The average Bonchev–Trinajstić information content (AvgIpc) is 3.67. The lowest BCUT2D eigenvalue weighted by atomic mass is 10.0. The smallest absolute Gasteiger partial charge is 0.339 e. The highest BCUT2D eigenvalue weighted by Gasteiger charge is 2.33. The fraction of sp³-hybridized carbons (Fsp3) is 0.133. The zero-order chi connectivity index (χ0) is 26.2. The van der Waals surface area contributed by atoms with E-state index in [4.69, 9.17) is 37.2 Å². The van der Waals surface area contributed by atoms with Crippen molar-refractivity contribution in [3.63, 3.8) is 0 Å². The van der Waals surface area contributed by atoms with Gasteiger partial charge in [0.05, 0.1) is 15.6 Å². The molecule has 1 saturated carbocycles. The second kappa shape index (κ2) is 10.0. The van der Waals surface area contributed by atoms with Gasteiger partial charge in [-0.2, -0.15) is 0 Å². The number of carbonyl (C=O) groups is 1. The number of aromatic carboxylic acids is 1. The van der Waals surface area contributed by atoms with Crippen LogP contribution in [0.2, 0.25) is 10.0 Å². The Morgan fingerprint density at radius 3 is 2.32 bits per heavy atom. The van der Waals surface area contributed by atoms with Gasteiger partial charge in [0.2, 0.25) is 0 Å². The molecule has 6 rings (SSSR count). The van der Waals surface area contributed by atoms with Crippen molar-refractivity contribution in [3.8, 4) is 28.5 Å². The van der Waals surface area contributed by atoms with Gasteiger partial charge in [-0.25, -0.2) is 4.79 Å². The third-order valence-corrected chi connectivity index (χ3v) is 7.11. The van der Waals surface area contributed by atoms with Crippen molar-refractivity contribution >= 4 is 39.9 Å². The molecule has 38 heavy (non-hydrogen) atoms. The summed E-state index contributed by atoms with van der Waals surface area (Å²) in [5.41, 5.74) is 2.20. The lowest BCUT2D eigenvalue weighted by molar-refractivity contribution is 0.0694. The number of ether oxygens (including phenoxy) is 2. The van der Waals surface area contributed by atoms with Crippen molar-refractivity contribution in [2.75, 3.05) is 0 Å². The number of nitrogens with zero attached hydrogens (tertiary/aromatic N) is 1. The normalized spacial score (nSPS) is 13.0. The maximum absolute atomic E-state index is 11.5. The molecule has 0 bridgehead atoms. The lowest BCUT2D eigenvalue weighted by Crippen LogP contribution is -2.00. The van der Waals surface area contributed by atoms with Gasteiger partial charge in [-0.05, 0) is 72.1 Å². The molecule has 1 aliphatic rings. The fourth-order valence-corrected chi connectivity index (χ4v) is 4.99. The Kier molecular flexibility index (Phi) is 6.44. The fourth-order valence-electron chi connectivity index (χ4n) is 4.42. The molecular formula is C30H21Cl2NO5. The molecule has 1 aliphatic carbocycles. The van der Waals surface area contributed by atoms with Crippen LogP contribution in [0.5, 0.6) is 17.2 Å². The van der Waals surface area contributed by atoms with Gasteiger partial charge in [-0.3, -0.25) is 0 Å². The van der Waals surface area contributed by atoms with Gasteiger partial charge in [0.1, 0.15) is 40.9 Å². The topological polar surface area (TPSA) is 81.8 Å². The molecule has 4 aromatic carbocycles. The molecule has 1 aromatic heterocycles. The molecule has 190 valence electrons. The first-order valence-electron chi connectivity index (χ1n) is 12.1. The van der Waals surface area contributed by atoms with Crippen LogP contribution in [0.1, 0.15) is 40.4 Å². The molecule has 6 nitrogen and oxygen atoms in total. The summed E-state index contributed by atoms with van der Waals surface area (Å²) in [5.74, 6) is 1.62. The number of carboxylic acids is 1. The monoisotopic (exact) mass is 545 g/mol. The van der Waals surface area contributed by atoms with Crippen molar-refractivity contribution in [3.05, 3.63) is 106 Å². The van der Waals surface area contributed by atoms with Crippen molar-refractivity contribution in [2.24, 2.45) is 0 Å². The first-order chi connectivity index (χ1) is 18.5. The minimum atomic E-state index is -1.04. The Balaban J connectivity index is 1.25. The number of fused-ring (bicyclic) bond motifs is 1. The predicted octanol–water partition coefficient (Wildman–Crippen LogP) is 8.75. The van der Waals surface area contributed by atoms with E-state index in [0.29, 0.717) is 38.7 Å². The Bertz CT molecular complexity index is 1650. The van der Waals surface area contributed by atoms with Crippen molar-refractivity contribution < 1.29 is 23.9 Å².